The summed E-state index contributed by atoms with van der Waals surface area (Å²) in [5.74, 6) is 0.122. The van der Waals surface area contributed by atoms with Gasteiger partial charge >= 0.3 is 0 Å². The molecule has 2 aromatic heterocycles. The molecule has 31 heavy (non-hydrogen) atoms. The molecule has 0 spiro atoms. The molecule has 0 aliphatic carbocycles. The van der Waals surface area contributed by atoms with Crippen molar-refractivity contribution in [3.8, 4) is 29.0 Å². The van der Waals surface area contributed by atoms with E-state index in [0.29, 0.717) is 5.56 Å². The smallest absolute Gasteiger partial charge is 0.232 e. The van der Waals surface area contributed by atoms with Crippen LogP contribution < -0.4 is 0 Å². The lowest BCUT2D eigenvalue weighted by molar-refractivity contribution is 1.11. The molecule has 0 aliphatic rings. The number of rotatable bonds is 2. The molecule has 0 saturated heterocycles. The van der Waals surface area contributed by atoms with Crippen LogP contribution in [0.15, 0.2) is 67.0 Å². The van der Waals surface area contributed by atoms with Gasteiger partial charge in [0.25, 0.3) is 0 Å². The zero-order valence-corrected chi connectivity index (χ0v) is 17.1. The van der Waals surface area contributed by atoms with E-state index in [2.05, 4.69) is 70.8 Å². The Morgan fingerprint density at radius 3 is 1.87 bits per heavy atom. The molecule has 3 aromatic carbocycles. The minimum atomic E-state index is 0.122. The second-order valence-electron chi connectivity index (χ2n) is 7.63. The van der Waals surface area contributed by atoms with Gasteiger partial charge < -0.3 is 4.57 Å². The van der Waals surface area contributed by atoms with Crippen molar-refractivity contribution in [2.24, 2.45) is 0 Å². The standard InChI is InChI=1S/C26H17N5/c1-16-3-6-24-21(9-16)22-10-17(2)4-7-25(22)31(24)23-8-5-18(11-19(23)12-27)20-14-29-26(13-28)30-15-20/h3-11,14-15H,1-2H3. The van der Waals surface area contributed by atoms with E-state index in [1.54, 1.807) is 12.4 Å². The van der Waals surface area contributed by atoms with E-state index < -0.39 is 0 Å². The van der Waals surface area contributed by atoms with Gasteiger partial charge in [0.2, 0.25) is 5.82 Å². The molecule has 2 heterocycles. The van der Waals surface area contributed by atoms with Gasteiger partial charge in [-0.25, -0.2) is 9.97 Å². The minimum absolute atomic E-state index is 0.122. The normalized spacial score (nSPS) is 10.8. The summed E-state index contributed by atoms with van der Waals surface area (Å²) in [4.78, 5) is 8.08. The van der Waals surface area contributed by atoms with Crippen LogP contribution in [0.25, 0.3) is 38.6 Å². The Kier molecular flexibility index (Phi) is 4.24. The highest BCUT2D eigenvalue weighted by Gasteiger charge is 2.16. The monoisotopic (exact) mass is 399 g/mol. The van der Waals surface area contributed by atoms with Crippen LogP contribution in [-0.4, -0.2) is 14.5 Å². The zero-order valence-electron chi connectivity index (χ0n) is 17.1. The number of benzene rings is 3. The van der Waals surface area contributed by atoms with Crippen molar-refractivity contribution in [2.75, 3.05) is 0 Å². The maximum absolute atomic E-state index is 9.97. The molecule has 0 atom stereocenters. The van der Waals surface area contributed by atoms with Gasteiger partial charge in [0.15, 0.2) is 0 Å². The van der Waals surface area contributed by atoms with Crippen LogP contribution in [0.4, 0.5) is 0 Å². The van der Waals surface area contributed by atoms with Crippen LogP contribution in [-0.2, 0) is 0 Å². The van der Waals surface area contributed by atoms with E-state index >= 15 is 0 Å². The van der Waals surface area contributed by atoms with Crippen LogP contribution in [0.2, 0.25) is 0 Å². The number of hydrogen-bond donors (Lipinski definition) is 0. The first-order valence-electron chi connectivity index (χ1n) is 9.87. The Morgan fingerprint density at radius 1 is 0.710 bits per heavy atom. The summed E-state index contributed by atoms with van der Waals surface area (Å²) in [6, 6.07) is 22.9. The Balaban J connectivity index is 1.76. The van der Waals surface area contributed by atoms with Gasteiger partial charge in [-0.3, -0.25) is 0 Å². The van der Waals surface area contributed by atoms with Crippen LogP contribution in [0.3, 0.4) is 0 Å². The van der Waals surface area contributed by atoms with Crippen molar-refractivity contribution < 1.29 is 0 Å². The first-order valence-corrected chi connectivity index (χ1v) is 9.87. The summed E-state index contributed by atoms with van der Waals surface area (Å²) in [7, 11) is 0. The first kappa shape index (κ1) is 18.5. The van der Waals surface area contributed by atoms with Gasteiger partial charge in [-0.05, 0) is 55.8 Å². The zero-order chi connectivity index (χ0) is 21.5. The lowest BCUT2D eigenvalue weighted by atomic mass is 10.0. The molecule has 0 unspecified atom stereocenters. The quantitative estimate of drug-likeness (QED) is 0.387. The third-order valence-corrected chi connectivity index (χ3v) is 5.52. The van der Waals surface area contributed by atoms with Crippen LogP contribution >= 0.6 is 0 Å². The highest BCUT2D eigenvalue weighted by molar-refractivity contribution is 6.09. The van der Waals surface area contributed by atoms with Crippen LogP contribution in [0.1, 0.15) is 22.5 Å². The van der Waals surface area contributed by atoms with E-state index in [1.807, 2.05) is 24.3 Å². The number of aryl methyl sites for hydroxylation is 2. The molecule has 0 radical (unpaired) electrons. The second kappa shape index (κ2) is 7.09. The maximum atomic E-state index is 9.97. The topological polar surface area (TPSA) is 78.3 Å². The molecule has 5 nitrogen and oxygen atoms in total. The summed E-state index contributed by atoms with van der Waals surface area (Å²) < 4.78 is 2.15. The summed E-state index contributed by atoms with van der Waals surface area (Å²) in [5.41, 5.74) is 7.51. The third-order valence-electron chi connectivity index (χ3n) is 5.52. The predicted octanol–water partition coefficient (Wildman–Crippen LogP) is 5.60. The minimum Gasteiger partial charge on any atom is -0.308 e. The average Bonchev–Trinajstić information content (AvgIpc) is 3.11. The number of nitrogens with zero attached hydrogens (tertiary/aromatic N) is 5. The highest BCUT2D eigenvalue weighted by atomic mass is 15.0. The third kappa shape index (κ3) is 3.01. The molecule has 0 fully saturated rings. The lowest BCUT2D eigenvalue weighted by Crippen LogP contribution is -1.98. The molecule has 0 amide bonds. The molecular formula is C26H17N5. The summed E-state index contributed by atoms with van der Waals surface area (Å²) in [6.07, 6.45) is 3.21. The number of fused-ring (bicyclic) bond motifs is 3. The fourth-order valence-electron chi connectivity index (χ4n) is 4.05. The SMILES string of the molecule is Cc1ccc2c(c1)c1cc(C)ccc1n2-c1ccc(-c2cnc(C#N)nc2)cc1C#N. The van der Waals surface area contributed by atoms with E-state index in [4.69, 9.17) is 5.26 Å². The van der Waals surface area contributed by atoms with Crippen molar-refractivity contribution in [1.82, 2.24) is 14.5 Å². The van der Waals surface area contributed by atoms with Gasteiger partial charge in [-0.1, -0.05) is 29.3 Å². The van der Waals surface area contributed by atoms with Crippen molar-refractivity contribution in [2.45, 2.75) is 13.8 Å². The number of hydrogen-bond acceptors (Lipinski definition) is 4. The average molecular weight is 399 g/mol. The molecule has 0 bridgehead atoms. The van der Waals surface area contributed by atoms with Gasteiger partial charge in [0.05, 0.1) is 22.3 Å². The molecule has 146 valence electrons. The molecule has 0 aliphatic heterocycles. The summed E-state index contributed by atoms with van der Waals surface area (Å²) >= 11 is 0. The van der Waals surface area contributed by atoms with Gasteiger partial charge in [-0.15, -0.1) is 0 Å². The Bertz CT molecular complexity index is 1500. The molecule has 0 N–H and O–H groups in total. The Morgan fingerprint density at radius 2 is 1.32 bits per heavy atom. The van der Waals surface area contributed by atoms with Gasteiger partial charge in [0, 0.05) is 28.7 Å². The highest BCUT2D eigenvalue weighted by Crippen LogP contribution is 2.35. The molecule has 0 saturated carbocycles. The first-order chi connectivity index (χ1) is 15.1. The van der Waals surface area contributed by atoms with Gasteiger partial charge in [-0.2, -0.15) is 10.5 Å². The van der Waals surface area contributed by atoms with Crippen LogP contribution in [0.5, 0.6) is 0 Å². The maximum Gasteiger partial charge on any atom is 0.232 e. The molecule has 5 heteroatoms. The van der Waals surface area contributed by atoms with Crippen molar-refractivity contribution in [3.63, 3.8) is 0 Å². The number of aromatic nitrogens is 3. The molecular weight excluding hydrogens is 382 g/mol. The predicted molar refractivity (Wildman–Crippen MR) is 121 cm³/mol. The lowest BCUT2D eigenvalue weighted by Gasteiger charge is -2.12. The van der Waals surface area contributed by atoms with E-state index in [0.717, 1.165) is 27.8 Å². The summed E-state index contributed by atoms with van der Waals surface area (Å²) in [6.45, 7) is 4.18. The second-order valence-corrected chi connectivity index (χ2v) is 7.63. The van der Waals surface area contributed by atoms with Crippen molar-refractivity contribution in [1.29, 1.82) is 10.5 Å². The largest absolute Gasteiger partial charge is 0.308 e. The Labute approximate surface area is 179 Å². The van der Waals surface area contributed by atoms with E-state index in [9.17, 15) is 5.26 Å². The fourth-order valence-corrected chi connectivity index (χ4v) is 4.05. The fraction of sp³-hybridized carbons (Fsp3) is 0.0769. The van der Waals surface area contributed by atoms with Crippen LogP contribution in [0, 0.1) is 36.5 Å². The molecule has 5 aromatic rings. The summed E-state index contributed by atoms with van der Waals surface area (Å²) in [5, 5.41) is 21.2. The van der Waals surface area contributed by atoms with Crippen molar-refractivity contribution >= 4 is 21.8 Å². The molecule has 5 rings (SSSR count). The van der Waals surface area contributed by atoms with E-state index in [1.165, 1.54) is 21.9 Å². The number of nitriles is 2. The Hall–Kier alpha value is -4.48. The van der Waals surface area contributed by atoms with E-state index in [-0.39, 0.29) is 5.82 Å². The van der Waals surface area contributed by atoms with Gasteiger partial charge in [0.1, 0.15) is 12.1 Å². The van der Waals surface area contributed by atoms with Crippen molar-refractivity contribution in [3.05, 3.63) is 89.5 Å².